The zero-order valence-corrected chi connectivity index (χ0v) is 11.7. The van der Waals surface area contributed by atoms with E-state index >= 15 is 0 Å². The molecule has 0 amide bonds. The summed E-state index contributed by atoms with van der Waals surface area (Å²) in [7, 11) is 0. The van der Waals surface area contributed by atoms with Gasteiger partial charge < -0.3 is 0 Å². The fourth-order valence-corrected chi connectivity index (χ4v) is 2.44. The van der Waals surface area contributed by atoms with Crippen molar-refractivity contribution in [3.8, 4) is 6.07 Å². The third-order valence-corrected chi connectivity index (χ3v) is 3.76. The van der Waals surface area contributed by atoms with Crippen molar-refractivity contribution in [3.05, 3.63) is 58.9 Å². The first-order chi connectivity index (χ1) is 10.3. The van der Waals surface area contributed by atoms with Crippen molar-refractivity contribution in [2.45, 2.75) is 38.0 Å². The Hall–Kier alpha value is -2.28. The molecule has 2 aromatic rings. The number of rotatable bonds is 5. The second-order valence-corrected chi connectivity index (χ2v) is 5.43. The lowest BCUT2D eigenvalue weighted by Gasteiger charge is -2.07. The zero-order valence-electron chi connectivity index (χ0n) is 11.7. The molecule has 0 N–H and O–H groups in total. The Balaban J connectivity index is 1.72. The number of aromatic nitrogens is 2. The van der Waals surface area contributed by atoms with Crippen LogP contribution in [-0.4, -0.2) is 9.97 Å². The Kier molecular flexibility index (Phi) is 3.92. The maximum atomic E-state index is 13.3. The monoisotopic (exact) mass is 281 g/mol. The molecular weight excluding hydrogens is 265 g/mol. The van der Waals surface area contributed by atoms with Gasteiger partial charge in [-0.1, -0.05) is 6.07 Å². The fraction of sp³-hybridized carbons (Fsp3) is 0.353. The molecule has 1 fully saturated rings. The molecule has 0 aliphatic heterocycles. The Morgan fingerprint density at radius 1 is 1.19 bits per heavy atom. The molecule has 0 spiro atoms. The molecule has 4 heteroatoms. The second kappa shape index (κ2) is 6.01. The second-order valence-electron chi connectivity index (χ2n) is 5.43. The summed E-state index contributed by atoms with van der Waals surface area (Å²) in [4.78, 5) is 8.90. The van der Waals surface area contributed by atoms with Crippen LogP contribution < -0.4 is 0 Å². The van der Waals surface area contributed by atoms with E-state index in [4.69, 9.17) is 5.26 Å². The van der Waals surface area contributed by atoms with Crippen LogP contribution in [0.15, 0.2) is 30.5 Å². The predicted molar refractivity (Wildman–Crippen MR) is 77.1 cm³/mol. The lowest BCUT2D eigenvalue weighted by molar-refractivity contribution is 0.625. The maximum absolute atomic E-state index is 13.3. The summed E-state index contributed by atoms with van der Waals surface area (Å²) in [5.41, 5.74) is 2.80. The van der Waals surface area contributed by atoms with Crippen molar-refractivity contribution >= 4 is 0 Å². The molecule has 1 aliphatic rings. The summed E-state index contributed by atoms with van der Waals surface area (Å²) in [6.45, 7) is 0. The van der Waals surface area contributed by atoms with Crippen LogP contribution >= 0.6 is 0 Å². The molecule has 3 nitrogen and oxygen atoms in total. The molecule has 0 unspecified atom stereocenters. The van der Waals surface area contributed by atoms with Crippen molar-refractivity contribution in [3.63, 3.8) is 0 Å². The third kappa shape index (κ3) is 3.43. The standard InChI is InChI=1S/C17H16FN3/c18-15-5-3-12(14(11-15)7-9-19)4-6-16-8-10-20-17(21-16)13-1-2-13/h3,5,8,10-11,13H,1-2,4,6-7H2. The quantitative estimate of drug-likeness (QED) is 0.844. The van der Waals surface area contributed by atoms with E-state index < -0.39 is 0 Å². The average molecular weight is 281 g/mol. The molecular formula is C17H16FN3. The lowest BCUT2D eigenvalue weighted by atomic mass is 10.00. The molecule has 0 radical (unpaired) electrons. The van der Waals surface area contributed by atoms with E-state index in [1.807, 2.05) is 12.3 Å². The molecule has 0 atom stereocenters. The van der Waals surface area contributed by atoms with Gasteiger partial charge in [0, 0.05) is 17.8 Å². The third-order valence-electron chi connectivity index (χ3n) is 3.76. The minimum atomic E-state index is -0.290. The molecule has 1 aromatic carbocycles. The van der Waals surface area contributed by atoms with Crippen molar-refractivity contribution < 1.29 is 4.39 Å². The van der Waals surface area contributed by atoms with Gasteiger partial charge in [0.05, 0.1) is 12.5 Å². The van der Waals surface area contributed by atoms with E-state index in [-0.39, 0.29) is 12.2 Å². The van der Waals surface area contributed by atoms with Gasteiger partial charge in [-0.25, -0.2) is 14.4 Å². The van der Waals surface area contributed by atoms with Gasteiger partial charge in [-0.3, -0.25) is 0 Å². The highest BCUT2D eigenvalue weighted by atomic mass is 19.1. The summed E-state index contributed by atoms with van der Waals surface area (Å²) < 4.78 is 13.3. The molecule has 1 saturated carbocycles. The van der Waals surface area contributed by atoms with Crippen LogP contribution in [-0.2, 0) is 19.3 Å². The van der Waals surface area contributed by atoms with Crippen LogP contribution in [0.2, 0.25) is 0 Å². The van der Waals surface area contributed by atoms with Crippen LogP contribution in [0.4, 0.5) is 4.39 Å². The highest BCUT2D eigenvalue weighted by Gasteiger charge is 2.26. The zero-order chi connectivity index (χ0) is 14.7. The fourth-order valence-electron chi connectivity index (χ4n) is 2.44. The molecule has 1 aliphatic carbocycles. The van der Waals surface area contributed by atoms with Crippen molar-refractivity contribution in [2.75, 3.05) is 0 Å². The van der Waals surface area contributed by atoms with E-state index in [0.717, 1.165) is 35.5 Å². The smallest absolute Gasteiger partial charge is 0.131 e. The van der Waals surface area contributed by atoms with Gasteiger partial charge in [0.15, 0.2) is 0 Å². The van der Waals surface area contributed by atoms with E-state index in [0.29, 0.717) is 5.92 Å². The number of halogens is 1. The van der Waals surface area contributed by atoms with Crippen molar-refractivity contribution in [2.24, 2.45) is 0 Å². The van der Waals surface area contributed by atoms with Crippen LogP contribution in [0.25, 0.3) is 0 Å². The molecule has 21 heavy (non-hydrogen) atoms. The molecule has 0 saturated heterocycles. The molecule has 0 bridgehead atoms. The molecule has 3 rings (SSSR count). The van der Waals surface area contributed by atoms with Gasteiger partial charge in [0.25, 0.3) is 0 Å². The number of nitriles is 1. The Labute approximate surface area is 123 Å². The maximum Gasteiger partial charge on any atom is 0.131 e. The summed E-state index contributed by atoms with van der Waals surface area (Å²) >= 11 is 0. The van der Waals surface area contributed by atoms with Gasteiger partial charge in [-0.05, 0) is 55.0 Å². The molecule has 106 valence electrons. The first-order valence-electron chi connectivity index (χ1n) is 7.22. The summed E-state index contributed by atoms with van der Waals surface area (Å²) in [6.07, 6.45) is 5.98. The molecule has 1 aromatic heterocycles. The number of nitrogens with zero attached hydrogens (tertiary/aromatic N) is 3. The van der Waals surface area contributed by atoms with Gasteiger partial charge in [-0.2, -0.15) is 5.26 Å². The SMILES string of the molecule is N#CCc1cc(F)ccc1CCc1ccnc(C2CC2)n1. The van der Waals surface area contributed by atoms with E-state index in [9.17, 15) is 4.39 Å². The predicted octanol–water partition coefficient (Wildman–Crippen LogP) is 3.34. The van der Waals surface area contributed by atoms with Crippen molar-refractivity contribution in [1.82, 2.24) is 9.97 Å². The Morgan fingerprint density at radius 3 is 2.81 bits per heavy atom. The first kappa shape index (κ1) is 13.7. The Bertz CT molecular complexity index is 687. The van der Waals surface area contributed by atoms with Gasteiger partial charge in [0.1, 0.15) is 11.6 Å². The van der Waals surface area contributed by atoms with Gasteiger partial charge in [0.2, 0.25) is 0 Å². The van der Waals surface area contributed by atoms with Crippen molar-refractivity contribution in [1.29, 1.82) is 5.26 Å². The van der Waals surface area contributed by atoms with Crippen LogP contribution in [0.1, 0.15) is 41.4 Å². The number of aryl methyl sites for hydroxylation is 2. The molecule has 1 heterocycles. The highest BCUT2D eigenvalue weighted by molar-refractivity contribution is 5.31. The average Bonchev–Trinajstić information content (AvgIpc) is 3.32. The van der Waals surface area contributed by atoms with Gasteiger partial charge >= 0.3 is 0 Å². The van der Waals surface area contributed by atoms with Crippen LogP contribution in [0.3, 0.4) is 0 Å². The van der Waals surface area contributed by atoms with E-state index in [2.05, 4.69) is 16.0 Å². The minimum Gasteiger partial charge on any atom is -0.241 e. The number of hydrogen-bond donors (Lipinski definition) is 0. The number of hydrogen-bond acceptors (Lipinski definition) is 3. The largest absolute Gasteiger partial charge is 0.241 e. The number of benzene rings is 1. The van der Waals surface area contributed by atoms with Crippen LogP contribution in [0.5, 0.6) is 0 Å². The summed E-state index contributed by atoms with van der Waals surface area (Å²) in [6, 6.07) is 8.69. The van der Waals surface area contributed by atoms with Crippen LogP contribution in [0, 0.1) is 17.1 Å². The Morgan fingerprint density at radius 2 is 2.05 bits per heavy atom. The summed E-state index contributed by atoms with van der Waals surface area (Å²) in [5, 5.41) is 8.83. The topological polar surface area (TPSA) is 49.6 Å². The lowest BCUT2D eigenvalue weighted by Crippen LogP contribution is -2.02. The summed E-state index contributed by atoms with van der Waals surface area (Å²) in [5.74, 6) is 1.20. The normalized spacial score (nSPS) is 13.9. The minimum absolute atomic E-state index is 0.240. The van der Waals surface area contributed by atoms with E-state index in [1.54, 1.807) is 6.07 Å². The highest BCUT2D eigenvalue weighted by Crippen LogP contribution is 2.37. The van der Waals surface area contributed by atoms with Gasteiger partial charge in [-0.15, -0.1) is 0 Å². The van der Waals surface area contributed by atoms with E-state index in [1.165, 1.54) is 25.0 Å². The first-order valence-corrected chi connectivity index (χ1v) is 7.22.